The second-order valence-electron chi connectivity index (χ2n) is 4.58. The van der Waals surface area contributed by atoms with Crippen LogP contribution in [-0.2, 0) is 9.53 Å². The molecule has 1 heterocycles. The highest BCUT2D eigenvalue weighted by atomic mass is 16.6. The molecule has 0 spiro atoms. The number of carbonyl (C=O) groups is 1. The lowest BCUT2D eigenvalue weighted by atomic mass is 9.75. The molecule has 0 saturated carbocycles. The van der Waals surface area contributed by atoms with Crippen molar-refractivity contribution in [2.45, 2.75) is 25.2 Å². The van der Waals surface area contributed by atoms with E-state index in [1.165, 1.54) is 0 Å². The summed E-state index contributed by atoms with van der Waals surface area (Å²) in [5, 5.41) is 46.1. The van der Waals surface area contributed by atoms with Gasteiger partial charge in [-0.2, -0.15) is 0 Å². The van der Waals surface area contributed by atoms with Crippen LogP contribution in [-0.4, -0.2) is 63.7 Å². The SMILES string of the molecule is O=C(O)[C@@H](CO)[C@H]([C@@H]1CCC(O)OC1)[C@@H](O)CO. The lowest BCUT2D eigenvalue weighted by molar-refractivity contribution is -0.169. The summed E-state index contributed by atoms with van der Waals surface area (Å²) in [7, 11) is 0. The molecule has 0 bridgehead atoms. The second-order valence-corrected chi connectivity index (χ2v) is 4.58. The van der Waals surface area contributed by atoms with Gasteiger partial charge in [-0.15, -0.1) is 0 Å². The van der Waals surface area contributed by atoms with Crippen molar-refractivity contribution in [2.24, 2.45) is 17.8 Å². The van der Waals surface area contributed by atoms with Crippen molar-refractivity contribution in [1.29, 1.82) is 0 Å². The Labute approximate surface area is 105 Å². The van der Waals surface area contributed by atoms with Crippen LogP contribution >= 0.6 is 0 Å². The Kier molecular flexibility index (Phi) is 5.97. The Bertz CT molecular complexity index is 262. The number of hydrogen-bond donors (Lipinski definition) is 5. The van der Waals surface area contributed by atoms with Crippen molar-refractivity contribution in [1.82, 2.24) is 0 Å². The maximum absolute atomic E-state index is 11.1. The minimum absolute atomic E-state index is 0.104. The van der Waals surface area contributed by atoms with E-state index in [-0.39, 0.29) is 12.5 Å². The zero-order valence-corrected chi connectivity index (χ0v) is 9.97. The third-order valence-electron chi connectivity index (χ3n) is 3.44. The van der Waals surface area contributed by atoms with Crippen LogP contribution in [0, 0.1) is 17.8 Å². The van der Waals surface area contributed by atoms with Crippen molar-refractivity contribution in [2.75, 3.05) is 19.8 Å². The number of carboxylic acid groups (broad SMARTS) is 1. The van der Waals surface area contributed by atoms with Crippen LogP contribution in [0.5, 0.6) is 0 Å². The summed E-state index contributed by atoms with van der Waals surface area (Å²) in [6.45, 7) is -1.09. The van der Waals surface area contributed by atoms with Gasteiger partial charge >= 0.3 is 5.97 Å². The lowest BCUT2D eigenvalue weighted by Crippen LogP contribution is -2.45. The zero-order chi connectivity index (χ0) is 13.7. The smallest absolute Gasteiger partial charge is 0.309 e. The first-order valence-corrected chi connectivity index (χ1v) is 5.93. The number of aliphatic carboxylic acids is 1. The fourth-order valence-electron chi connectivity index (χ4n) is 2.46. The number of aliphatic hydroxyl groups is 4. The average Bonchev–Trinajstić information content (AvgIpc) is 2.36. The summed E-state index contributed by atoms with van der Waals surface area (Å²) in [5.41, 5.74) is 0. The van der Waals surface area contributed by atoms with Gasteiger partial charge in [0.1, 0.15) is 0 Å². The molecular formula is C11H20O7. The van der Waals surface area contributed by atoms with Gasteiger partial charge in [0, 0.05) is 5.92 Å². The lowest BCUT2D eigenvalue weighted by Gasteiger charge is -2.36. The number of rotatable bonds is 6. The molecule has 1 aliphatic rings. The molecule has 5 N–H and O–H groups in total. The molecule has 0 aromatic heterocycles. The summed E-state index contributed by atoms with van der Waals surface area (Å²) in [4.78, 5) is 11.1. The normalized spacial score (nSPS) is 29.6. The van der Waals surface area contributed by atoms with Gasteiger partial charge in [0.05, 0.1) is 31.8 Å². The van der Waals surface area contributed by atoms with Crippen molar-refractivity contribution < 1.29 is 35.1 Å². The zero-order valence-electron chi connectivity index (χ0n) is 9.97. The molecule has 0 aromatic rings. The Hall–Kier alpha value is -0.730. The van der Waals surface area contributed by atoms with Crippen LogP contribution in [0.4, 0.5) is 0 Å². The molecule has 1 fully saturated rings. The number of carboxylic acids is 1. The largest absolute Gasteiger partial charge is 0.481 e. The minimum Gasteiger partial charge on any atom is -0.481 e. The van der Waals surface area contributed by atoms with Crippen molar-refractivity contribution >= 4 is 5.97 Å². The van der Waals surface area contributed by atoms with Crippen LogP contribution in [0.2, 0.25) is 0 Å². The Morgan fingerprint density at radius 2 is 1.94 bits per heavy atom. The average molecular weight is 264 g/mol. The van der Waals surface area contributed by atoms with E-state index < -0.39 is 43.4 Å². The van der Waals surface area contributed by atoms with E-state index in [9.17, 15) is 15.0 Å². The van der Waals surface area contributed by atoms with Gasteiger partial charge < -0.3 is 30.3 Å². The van der Waals surface area contributed by atoms with Crippen molar-refractivity contribution in [3.05, 3.63) is 0 Å². The van der Waals surface area contributed by atoms with Gasteiger partial charge in [-0.3, -0.25) is 4.79 Å². The summed E-state index contributed by atoms with van der Waals surface area (Å²) >= 11 is 0. The van der Waals surface area contributed by atoms with Crippen molar-refractivity contribution in [3.8, 4) is 0 Å². The molecule has 5 atom stereocenters. The fraction of sp³-hybridized carbons (Fsp3) is 0.909. The van der Waals surface area contributed by atoms with Crippen LogP contribution in [0.3, 0.4) is 0 Å². The molecule has 106 valence electrons. The Morgan fingerprint density at radius 3 is 2.33 bits per heavy atom. The quantitative estimate of drug-likeness (QED) is 0.390. The van der Waals surface area contributed by atoms with Gasteiger partial charge in [-0.1, -0.05) is 0 Å². The molecule has 7 heteroatoms. The predicted octanol–water partition coefficient (Wildman–Crippen LogP) is -1.61. The van der Waals surface area contributed by atoms with E-state index in [1.807, 2.05) is 0 Å². The number of hydrogen-bond acceptors (Lipinski definition) is 6. The molecule has 0 aliphatic carbocycles. The van der Waals surface area contributed by atoms with Crippen LogP contribution in [0.15, 0.2) is 0 Å². The topological polar surface area (TPSA) is 127 Å². The first-order valence-electron chi connectivity index (χ1n) is 5.93. The van der Waals surface area contributed by atoms with Crippen LogP contribution in [0.1, 0.15) is 12.8 Å². The maximum Gasteiger partial charge on any atom is 0.309 e. The molecule has 1 saturated heterocycles. The molecule has 0 radical (unpaired) electrons. The standard InChI is InChI=1S/C11H20O7/c12-3-7(11(16)17)10(8(14)4-13)6-1-2-9(15)18-5-6/h6-10,12-15H,1-5H2,(H,16,17)/t6-,7+,8+,9?,10+/m1/s1. The first-order chi connectivity index (χ1) is 8.51. The summed E-state index contributed by atoms with van der Waals surface area (Å²) in [6.07, 6.45) is -1.28. The van der Waals surface area contributed by atoms with E-state index in [0.29, 0.717) is 12.8 Å². The Morgan fingerprint density at radius 1 is 1.28 bits per heavy atom. The molecule has 7 nitrogen and oxygen atoms in total. The number of ether oxygens (including phenoxy) is 1. The summed E-state index contributed by atoms with van der Waals surface area (Å²) < 4.78 is 5.03. The molecule has 0 amide bonds. The molecule has 18 heavy (non-hydrogen) atoms. The molecule has 1 rings (SSSR count). The summed E-state index contributed by atoms with van der Waals surface area (Å²) in [6, 6.07) is 0. The van der Waals surface area contributed by atoms with Gasteiger partial charge in [0.25, 0.3) is 0 Å². The van der Waals surface area contributed by atoms with Crippen molar-refractivity contribution in [3.63, 3.8) is 0 Å². The molecular weight excluding hydrogens is 244 g/mol. The highest BCUT2D eigenvalue weighted by Crippen LogP contribution is 2.32. The first kappa shape index (κ1) is 15.3. The van der Waals surface area contributed by atoms with Gasteiger partial charge in [0.15, 0.2) is 6.29 Å². The molecule has 1 unspecified atom stereocenters. The predicted molar refractivity (Wildman–Crippen MR) is 59.5 cm³/mol. The highest BCUT2D eigenvalue weighted by Gasteiger charge is 2.40. The Balaban J connectivity index is 2.80. The van der Waals surface area contributed by atoms with E-state index in [4.69, 9.17) is 20.1 Å². The van der Waals surface area contributed by atoms with Crippen LogP contribution < -0.4 is 0 Å². The third-order valence-corrected chi connectivity index (χ3v) is 3.44. The van der Waals surface area contributed by atoms with E-state index in [2.05, 4.69) is 0 Å². The summed E-state index contributed by atoms with van der Waals surface area (Å²) in [5.74, 6) is -3.49. The van der Waals surface area contributed by atoms with E-state index >= 15 is 0 Å². The molecule has 1 aliphatic heterocycles. The van der Waals surface area contributed by atoms with E-state index in [1.54, 1.807) is 0 Å². The van der Waals surface area contributed by atoms with Gasteiger partial charge in [-0.05, 0) is 18.8 Å². The van der Waals surface area contributed by atoms with Gasteiger partial charge in [-0.25, -0.2) is 0 Å². The fourth-order valence-corrected chi connectivity index (χ4v) is 2.46. The number of aliphatic hydroxyl groups excluding tert-OH is 4. The van der Waals surface area contributed by atoms with E-state index in [0.717, 1.165) is 0 Å². The highest BCUT2D eigenvalue weighted by molar-refractivity contribution is 5.70. The third kappa shape index (κ3) is 3.63. The monoisotopic (exact) mass is 264 g/mol. The van der Waals surface area contributed by atoms with Gasteiger partial charge in [0.2, 0.25) is 0 Å². The maximum atomic E-state index is 11.1. The van der Waals surface area contributed by atoms with Crippen LogP contribution in [0.25, 0.3) is 0 Å². The molecule has 0 aromatic carbocycles. The minimum atomic E-state index is -1.23. The second kappa shape index (κ2) is 7.01.